The van der Waals surface area contributed by atoms with Crippen LogP contribution >= 0.6 is 63.7 Å². The molecule has 0 amide bonds. The molecule has 0 spiro atoms. The molecular weight excluding hydrogens is 728 g/mol. The normalized spacial score (nSPS) is 11.7. The first-order valence-corrected chi connectivity index (χ1v) is 15.9. The first-order chi connectivity index (χ1) is 17.6. The van der Waals surface area contributed by atoms with E-state index in [4.69, 9.17) is 0 Å². The maximum absolute atomic E-state index is 3.65. The highest BCUT2D eigenvalue weighted by Gasteiger charge is 2.26. The molecule has 0 radical (unpaired) electrons. The van der Waals surface area contributed by atoms with Crippen LogP contribution in [-0.4, -0.2) is 0 Å². The van der Waals surface area contributed by atoms with Gasteiger partial charge < -0.3 is 0 Å². The van der Waals surface area contributed by atoms with Gasteiger partial charge in [0.1, 0.15) is 0 Å². The molecule has 0 aliphatic carbocycles. The molecule has 0 fully saturated rings. The summed E-state index contributed by atoms with van der Waals surface area (Å²) in [6.45, 7) is 17.5. The summed E-state index contributed by atoms with van der Waals surface area (Å²) in [5.41, 5.74) is 10.3. The number of benzene rings is 4. The molecule has 0 aliphatic rings. The molecule has 4 heteroatoms. The van der Waals surface area contributed by atoms with Gasteiger partial charge in [0.25, 0.3) is 0 Å². The van der Waals surface area contributed by atoms with Crippen LogP contribution in [-0.2, 0) is 10.8 Å². The molecule has 0 atom stereocenters. The average Bonchev–Trinajstić information content (AvgIpc) is 2.86. The second kappa shape index (κ2) is 12.5. The quantitative estimate of drug-likeness (QED) is 0.194. The maximum atomic E-state index is 3.65. The Labute approximate surface area is 263 Å². The van der Waals surface area contributed by atoms with Crippen LogP contribution in [0.2, 0.25) is 0 Å². The van der Waals surface area contributed by atoms with Gasteiger partial charge in [-0.15, -0.1) is 0 Å². The Bertz CT molecular complexity index is 1260. The van der Waals surface area contributed by atoms with Gasteiger partial charge in [-0.3, -0.25) is 0 Å². The predicted molar refractivity (Wildman–Crippen MR) is 180 cm³/mol. The first-order valence-electron chi connectivity index (χ1n) is 12.7. The third kappa shape index (κ3) is 7.11. The fourth-order valence-electron chi connectivity index (χ4n) is 4.29. The minimum absolute atomic E-state index is 0.0708. The van der Waals surface area contributed by atoms with Gasteiger partial charge >= 0.3 is 0 Å². The summed E-state index contributed by atoms with van der Waals surface area (Å²) in [6.07, 6.45) is 0. The minimum Gasteiger partial charge on any atom is -0.0590 e. The Morgan fingerprint density at radius 3 is 0.895 bits per heavy atom. The van der Waals surface area contributed by atoms with E-state index in [1.807, 2.05) is 0 Å². The molecule has 200 valence electrons. The van der Waals surface area contributed by atoms with Gasteiger partial charge in [0.05, 0.1) is 0 Å². The number of hydrogen-bond donors (Lipinski definition) is 0. The van der Waals surface area contributed by atoms with Gasteiger partial charge in [0, 0.05) is 28.7 Å². The molecule has 4 aromatic rings. The summed E-state index contributed by atoms with van der Waals surface area (Å²) < 4.78 is 4.52. The molecule has 38 heavy (non-hydrogen) atoms. The number of hydrogen-bond acceptors (Lipinski definition) is 0. The van der Waals surface area contributed by atoms with Gasteiger partial charge in [-0.2, -0.15) is 0 Å². The van der Waals surface area contributed by atoms with Gasteiger partial charge in [0.2, 0.25) is 0 Å². The monoisotopic (exact) mass is 760 g/mol. The van der Waals surface area contributed by atoms with E-state index in [0.29, 0.717) is 0 Å². The van der Waals surface area contributed by atoms with Crippen LogP contribution in [0, 0.1) is 27.7 Å². The molecule has 0 saturated heterocycles. The Balaban J connectivity index is 0.000000215. The number of halogens is 4. The van der Waals surface area contributed by atoms with Crippen LogP contribution in [0.3, 0.4) is 0 Å². The van der Waals surface area contributed by atoms with Crippen LogP contribution in [0.5, 0.6) is 0 Å². The Morgan fingerprint density at radius 2 is 0.632 bits per heavy atom. The zero-order valence-corrected chi connectivity index (χ0v) is 29.8. The van der Waals surface area contributed by atoms with E-state index in [1.165, 1.54) is 44.5 Å². The largest absolute Gasteiger partial charge is 0.0590 e. The van der Waals surface area contributed by atoms with Gasteiger partial charge in [-0.1, -0.05) is 151 Å². The zero-order valence-electron chi connectivity index (χ0n) is 23.4. The molecule has 0 bridgehead atoms. The molecule has 0 heterocycles. The number of aryl methyl sites for hydroxylation is 2. The van der Waals surface area contributed by atoms with Crippen molar-refractivity contribution in [2.24, 2.45) is 0 Å². The second-order valence-corrected chi connectivity index (χ2v) is 14.5. The Hall–Kier alpha value is -1.20. The van der Waals surface area contributed by atoms with E-state index in [9.17, 15) is 0 Å². The van der Waals surface area contributed by atoms with E-state index in [-0.39, 0.29) is 10.8 Å². The van der Waals surface area contributed by atoms with Gasteiger partial charge in [-0.25, -0.2) is 0 Å². The standard InChI is InChI=1S/C17H16Br4.C17H20/c1-9-13(18)5-11(6-14(9)19)17(3,4)12-7-15(20)10(2)16(21)8-12;1-13-5-9-15(10-6-13)17(3,4)16-11-7-14(2)8-12-16/h5-8H,1-4H3;5-12H,1-4H3. The molecule has 0 aromatic heterocycles. The van der Waals surface area contributed by atoms with Crippen molar-refractivity contribution in [2.45, 2.75) is 66.2 Å². The average molecular weight is 764 g/mol. The van der Waals surface area contributed by atoms with Gasteiger partial charge in [0.15, 0.2) is 0 Å². The van der Waals surface area contributed by atoms with E-state index in [2.05, 4.69) is 192 Å². The molecule has 0 N–H and O–H groups in total. The third-order valence-corrected chi connectivity index (χ3v) is 10.8. The lowest BCUT2D eigenvalue weighted by Gasteiger charge is -2.28. The van der Waals surface area contributed by atoms with Crippen molar-refractivity contribution in [2.75, 3.05) is 0 Å². The fraction of sp³-hybridized carbons (Fsp3) is 0.294. The van der Waals surface area contributed by atoms with E-state index in [1.54, 1.807) is 0 Å². The molecular formula is C34H36Br4. The Morgan fingerprint density at radius 1 is 0.395 bits per heavy atom. The summed E-state index contributed by atoms with van der Waals surface area (Å²) in [7, 11) is 0. The van der Waals surface area contributed by atoms with E-state index < -0.39 is 0 Å². The summed E-state index contributed by atoms with van der Waals surface area (Å²) in [5, 5.41) is 0. The van der Waals surface area contributed by atoms with Crippen LogP contribution in [0.4, 0.5) is 0 Å². The first kappa shape index (κ1) is 31.3. The fourth-order valence-corrected chi connectivity index (χ4v) is 6.66. The van der Waals surface area contributed by atoms with Crippen LogP contribution in [0.15, 0.2) is 90.7 Å². The molecule has 4 rings (SSSR count). The lowest BCUT2D eigenvalue weighted by Crippen LogP contribution is -2.19. The minimum atomic E-state index is -0.0858. The van der Waals surface area contributed by atoms with Crippen LogP contribution < -0.4 is 0 Å². The zero-order chi connectivity index (χ0) is 28.4. The molecule has 0 unspecified atom stereocenters. The van der Waals surface area contributed by atoms with Crippen molar-refractivity contribution in [3.63, 3.8) is 0 Å². The second-order valence-electron chi connectivity index (χ2n) is 11.1. The highest BCUT2D eigenvalue weighted by Crippen LogP contribution is 2.39. The molecule has 0 aliphatic heterocycles. The lowest BCUT2D eigenvalue weighted by molar-refractivity contribution is 0.638. The number of rotatable bonds is 4. The van der Waals surface area contributed by atoms with Crippen molar-refractivity contribution in [1.82, 2.24) is 0 Å². The smallest absolute Gasteiger partial charge is 0.0218 e. The third-order valence-electron chi connectivity index (χ3n) is 7.55. The van der Waals surface area contributed by atoms with Crippen molar-refractivity contribution < 1.29 is 0 Å². The topological polar surface area (TPSA) is 0 Å². The maximum Gasteiger partial charge on any atom is 0.0218 e. The molecule has 4 aromatic carbocycles. The molecule has 0 saturated carbocycles. The van der Waals surface area contributed by atoms with Crippen molar-refractivity contribution in [3.05, 3.63) is 135 Å². The highest BCUT2D eigenvalue weighted by atomic mass is 79.9. The van der Waals surface area contributed by atoms with Crippen molar-refractivity contribution in [1.29, 1.82) is 0 Å². The Kier molecular flexibility index (Phi) is 10.3. The summed E-state index contributed by atoms with van der Waals surface area (Å²) in [4.78, 5) is 0. The lowest BCUT2D eigenvalue weighted by atomic mass is 9.78. The summed E-state index contributed by atoms with van der Waals surface area (Å²) in [6, 6.07) is 26.5. The SMILES string of the molecule is Cc1c(Br)cc(C(C)(C)c2cc(Br)c(C)c(Br)c2)cc1Br.Cc1ccc(C(C)(C)c2ccc(C)cc2)cc1. The predicted octanol–water partition coefficient (Wildman–Crippen LogP) is 12.3. The van der Waals surface area contributed by atoms with Gasteiger partial charge in [-0.05, 0) is 85.3 Å². The van der Waals surface area contributed by atoms with Crippen LogP contribution in [0.25, 0.3) is 0 Å². The van der Waals surface area contributed by atoms with E-state index >= 15 is 0 Å². The molecule has 0 nitrogen and oxygen atoms in total. The summed E-state index contributed by atoms with van der Waals surface area (Å²) in [5.74, 6) is 0. The summed E-state index contributed by atoms with van der Waals surface area (Å²) >= 11 is 14.6. The highest BCUT2D eigenvalue weighted by molar-refractivity contribution is 9.11. The van der Waals surface area contributed by atoms with Crippen molar-refractivity contribution in [3.8, 4) is 0 Å². The van der Waals surface area contributed by atoms with Crippen molar-refractivity contribution >= 4 is 63.7 Å². The van der Waals surface area contributed by atoms with Crippen LogP contribution in [0.1, 0.15) is 72.2 Å². The van der Waals surface area contributed by atoms with E-state index in [0.717, 1.165) is 17.9 Å².